The molecule has 0 aliphatic carbocycles. The number of carbonyl (C=O) groups excluding carboxylic acids is 2. The molecule has 142 valence electrons. The van der Waals surface area contributed by atoms with E-state index in [2.05, 4.69) is 5.32 Å². The summed E-state index contributed by atoms with van der Waals surface area (Å²) in [4.78, 5) is 30.9. The number of likely N-dealkylation sites (N-methyl/N-ethyl adjacent to an activating group) is 1. The summed E-state index contributed by atoms with van der Waals surface area (Å²) in [5.41, 5.74) is 1.13. The van der Waals surface area contributed by atoms with Gasteiger partial charge in [0.05, 0.1) is 0 Å². The number of urea groups is 1. The van der Waals surface area contributed by atoms with E-state index in [0.717, 1.165) is 37.9 Å². The van der Waals surface area contributed by atoms with Gasteiger partial charge in [-0.2, -0.15) is 0 Å². The van der Waals surface area contributed by atoms with Crippen LogP contribution in [-0.2, 0) is 11.3 Å². The Balaban J connectivity index is 1.48. The average Bonchev–Trinajstić information content (AvgIpc) is 3.22. The molecule has 0 bridgehead atoms. The van der Waals surface area contributed by atoms with E-state index in [9.17, 15) is 9.59 Å². The van der Waals surface area contributed by atoms with Crippen molar-refractivity contribution in [3.05, 3.63) is 35.9 Å². The van der Waals surface area contributed by atoms with Crippen LogP contribution < -0.4 is 5.32 Å². The number of benzene rings is 1. The van der Waals surface area contributed by atoms with Gasteiger partial charge in [-0.25, -0.2) is 4.79 Å². The summed E-state index contributed by atoms with van der Waals surface area (Å²) in [7, 11) is 3.76. The van der Waals surface area contributed by atoms with Gasteiger partial charge in [0.1, 0.15) is 0 Å². The summed E-state index contributed by atoms with van der Waals surface area (Å²) in [6.45, 7) is 3.80. The molecule has 3 amide bonds. The van der Waals surface area contributed by atoms with Crippen LogP contribution in [-0.4, -0.2) is 73.0 Å². The molecular weight excluding hydrogens is 328 g/mol. The first-order valence-electron chi connectivity index (χ1n) is 9.57. The van der Waals surface area contributed by atoms with Gasteiger partial charge in [0.25, 0.3) is 0 Å². The number of carbonyl (C=O) groups is 2. The molecule has 0 saturated carbocycles. The SMILES string of the molecule is CN(Cc1ccccc1)C(=O)N1CCC(C(=O)N(C)C2CCNC2)CC1. The van der Waals surface area contributed by atoms with E-state index in [1.54, 1.807) is 4.90 Å². The fourth-order valence-corrected chi connectivity index (χ4v) is 3.92. The smallest absolute Gasteiger partial charge is 0.320 e. The molecule has 0 radical (unpaired) electrons. The van der Waals surface area contributed by atoms with Gasteiger partial charge in [0.15, 0.2) is 0 Å². The minimum absolute atomic E-state index is 0.0454. The third-order valence-electron chi connectivity index (χ3n) is 5.63. The normalized spacial score (nSPS) is 20.8. The van der Waals surface area contributed by atoms with Gasteiger partial charge < -0.3 is 20.0 Å². The van der Waals surface area contributed by atoms with Crippen LogP contribution in [0.3, 0.4) is 0 Å². The number of hydrogen-bond acceptors (Lipinski definition) is 3. The predicted molar refractivity (Wildman–Crippen MR) is 102 cm³/mol. The van der Waals surface area contributed by atoms with E-state index in [1.165, 1.54) is 0 Å². The molecule has 1 atom stereocenters. The van der Waals surface area contributed by atoms with Crippen LogP contribution >= 0.6 is 0 Å². The number of piperidine rings is 1. The van der Waals surface area contributed by atoms with E-state index in [0.29, 0.717) is 25.7 Å². The Morgan fingerprint density at radius 2 is 1.81 bits per heavy atom. The van der Waals surface area contributed by atoms with Crippen LogP contribution in [0.2, 0.25) is 0 Å². The third-order valence-corrected chi connectivity index (χ3v) is 5.63. The predicted octanol–water partition coefficient (Wildman–Crippen LogP) is 1.77. The Hall–Kier alpha value is -2.08. The molecule has 0 spiro atoms. The van der Waals surface area contributed by atoms with E-state index < -0.39 is 0 Å². The van der Waals surface area contributed by atoms with Crippen LogP contribution in [0.25, 0.3) is 0 Å². The fraction of sp³-hybridized carbons (Fsp3) is 0.600. The van der Waals surface area contributed by atoms with Gasteiger partial charge in [-0.15, -0.1) is 0 Å². The van der Waals surface area contributed by atoms with Crippen LogP contribution in [0, 0.1) is 5.92 Å². The molecule has 1 unspecified atom stereocenters. The second-order valence-corrected chi connectivity index (χ2v) is 7.48. The number of amides is 3. The molecule has 2 fully saturated rings. The molecule has 26 heavy (non-hydrogen) atoms. The van der Waals surface area contributed by atoms with Crippen molar-refractivity contribution in [2.24, 2.45) is 5.92 Å². The van der Waals surface area contributed by atoms with Crippen LogP contribution in [0.1, 0.15) is 24.8 Å². The molecule has 6 heteroatoms. The van der Waals surface area contributed by atoms with Gasteiger partial charge in [-0.05, 0) is 31.4 Å². The van der Waals surface area contributed by atoms with Crippen molar-refractivity contribution < 1.29 is 9.59 Å². The lowest BCUT2D eigenvalue weighted by atomic mass is 9.95. The topological polar surface area (TPSA) is 55.9 Å². The van der Waals surface area contributed by atoms with Crippen molar-refractivity contribution >= 4 is 11.9 Å². The molecule has 0 aromatic heterocycles. The van der Waals surface area contributed by atoms with Gasteiger partial charge in [-0.3, -0.25) is 4.79 Å². The van der Waals surface area contributed by atoms with Gasteiger partial charge in [-0.1, -0.05) is 30.3 Å². The van der Waals surface area contributed by atoms with E-state index >= 15 is 0 Å². The number of hydrogen-bond donors (Lipinski definition) is 1. The summed E-state index contributed by atoms with van der Waals surface area (Å²) in [5, 5.41) is 3.31. The molecule has 2 aliphatic rings. The van der Waals surface area contributed by atoms with E-state index in [-0.39, 0.29) is 17.9 Å². The third kappa shape index (κ3) is 4.36. The van der Waals surface area contributed by atoms with Crippen molar-refractivity contribution in [3.8, 4) is 0 Å². The Kier molecular flexibility index (Phi) is 6.14. The molecule has 6 nitrogen and oxygen atoms in total. The number of nitrogens with zero attached hydrogens (tertiary/aromatic N) is 3. The Morgan fingerprint density at radius 3 is 2.42 bits per heavy atom. The van der Waals surface area contributed by atoms with Gasteiger partial charge in [0.2, 0.25) is 5.91 Å². The van der Waals surface area contributed by atoms with Gasteiger partial charge in [0, 0.05) is 52.2 Å². The van der Waals surface area contributed by atoms with Crippen molar-refractivity contribution in [2.75, 3.05) is 40.3 Å². The first-order valence-corrected chi connectivity index (χ1v) is 9.57. The highest BCUT2D eigenvalue weighted by atomic mass is 16.2. The summed E-state index contributed by atoms with van der Waals surface area (Å²) in [5.74, 6) is 0.285. The minimum atomic E-state index is 0.0454. The highest BCUT2D eigenvalue weighted by molar-refractivity contribution is 5.80. The highest BCUT2D eigenvalue weighted by Gasteiger charge is 2.32. The first-order chi connectivity index (χ1) is 12.6. The maximum absolute atomic E-state index is 12.7. The molecule has 3 rings (SSSR count). The summed E-state index contributed by atoms with van der Waals surface area (Å²) in [6, 6.07) is 10.4. The van der Waals surface area contributed by atoms with Crippen LogP contribution in [0.15, 0.2) is 30.3 Å². The Labute approximate surface area is 156 Å². The van der Waals surface area contributed by atoms with Gasteiger partial charge >= 0.3 is 6.03 Å². The van der Waals surface area contributed by atoms with Crippen molar-refractivity contribution in [2.45, 2.75) is 31.8 Å². The Bertz CT molecular complexity index is 607. The highest BCUT2D eigenvalue weighted by Crippen LogP contribution is 2.22. The lowest BCUT2D eigenvalue weighted by Gasteiger charge is -2.36. The van der Waals surface area contributed by atoms with Crippen molar-refractivity contribution in [3.63, 3.8) is 0 Å². The molecule has 1 aromatic rings. The monoisotopic (exact) mass is 358 g/mol. The number of nitrogens with one attached hydrogen (secondary N) is 1. The number of likely N-dealkylation sites (tertiary alicyclic amines) is 1. The quantitative estimate of drug-likeness (QED) is 0.892. The zero-order chi connectivity index (χ0) is 18.5. The van der Waals surface area contributed by atoms with Crippen LogP contribution in [0.5, 0.6) is 0 Å². The van der Waals surface area contributed by atoms with E-state index in [1.807, 2.05) is 54.2 Å². The number of rotatable bonds is 4. The largest absolute Gasteiger partial charge is 0.341 e. The summed E-state index contributed by atoms with van der Waals surface area (Å²) >= 11 is 0. The standard InChI is InChI=1S/C20H30N4O2/c1-22(15-16-6-4-3-5-7-16)20(26)24-12-9-17(10-13-24)19(25)23(2)18-8-11-21-14-18/h3-7,17-18,21H,8-15H2,1-2H3. The molecule has 2 heterocycles. The lowest BCUT2D eigenvalue weighted by Crippen LogP contribution is -2.49. The summed E-state index contributed by atoms with van der Waals surface area (Å²) in [6.07, 6.45) is 2.55. The maximum atomic E-state index is 12.7. The zero-order valence-corrected chi connectivity index (χ0v) is 15.9. The lowest BCUT2D eigenvalue weighted by molar-refractivity contribution is -0.137. The first kappa shape index (κ1) is 18.7. The Morgan fingerprint density at radius 1 is 1.12 bits per heavy atom. The molecule has 2 aliphatic heterocycles. The second-order valence-electron chi connectivity index (χ2n) is 7.48. The fourth-order valence-electron chi connectivity index (χ4n) is 3.92. The zero-order valence-electron chi connectivity index (χ0n) is 15.9. The summed E-state index contributed by atoms with van der Waals surface area (Å²) < 4.78 is 0. The average molecular weight is 358 g/mol. The molecule has 2 saturated heterocycles. The molecular formula is C20H30N4O2. The van der Waals surface area contributed by atoms with Crippen molar-refractivity contribution in [1.82, 2.24) is 20.0 Å². The van der Waals surface area contributed by atoms with Crippen LogP contribution in [0.4, 0.5) is 4.79 Å². The molecule has 1 N–H and O–H groups in total. The minimum Gasteiger partial charge on any atom is -0.341 e. The second kappa shape index (κ2) is 8.54. The molecule has 1 aromatic carbocycles. The van der Waals surface area contributed by atoms with Crippen molar-refractivity contribution in [1.29, 1.82) is 0 Å². The maximum Gasteiger partial charge on any atom is 0.320 e. The van der Waals surface area contributed by atoms with E-state index in [4.69, 9.17) is 0 Å².